The van der Waals surface area contributed by atoms with Gasteiger partial charge in [-0.15, -0.1) is 0 Å². The van der Waals surface area contributed by atoms with Gasteiger partial charge in [0.25, 0.3) is 0 Å². The predicted octanol–water partition coefficient (Wildman–Crippen LogP) is 2.42. The minimum absolute atomic E-state index is 0.336. The lowest BCUT2D eigenvalue weighted by atomic mass is 9.96. The Morgan fingerprint density at radius 1 is 1.48 bits per heavy atom. The van der Waals surface area contributed by atoms with Crippen LogP contribution in [0.3, 0.4) is 0 Å². The maximum absolute atomic E-state index is 11.6. The van der Waals surface area contributed by atoms with E-state index in [1.54, 1.807) is 6.92 Å². The first-order chi connectivity index (χ1) is 9.94. The molecule has 0 bridgehead atoms. The number of hydrogen-bond acceptors (Lipinski definition) is 4. The second kappa shape index (κ2) is 6.48. The summed E-state index contributed by atoms with van der Waals surface area (Å²) in [6.07, 6.45) is 3.87. The van der Waals surface area contributed by atoms with Crippen LogP contribution in [0, 0.1) is 6.92 Å². The number of fused-ring (bicyclic) bond motifs is 1. The summed E-state index contributed by atoms with van der Waals surface area (Å²) in [4.78, 5) is 14.0. The van der Waals surface area contributed by atoms with E-state index < -0.39 is 5.54 Å². The van der Waals surface area contributed by atoms with Crippen LogP contribution in [0.2, 0.25) is 0 Å². The van der Waals surface area contributed by atoms with Crippen molar-refractivity contribution in [1.29, 1.82) is 0 Å². The van der Waals surface area contributed by atoms with E-state index in [0.717, 1.165) is 25.9 Å². The Labute approximate surface area is 127 Å². The zero-order chi connectivity index (χ0) is 15.5. The second-order valence-electron chi connectivity index (χ2n) is 6.24. The Morgan fingerprint density at radius 3 is 2.95 bits per heavy atom. The van der Waals surface area contributed by atoms with Crippen LogP contribution < -0.4 is 10.6 Å². The quantitative estimate of drug-likeness (QED) is 0.846. The maximum atomic E-state index is 11.6. The van der Waals surface area contributed by atoms with Crippen LogP contribution in [0.1, 0.15) is 37.3 Å². The van der Waals surface area contributed by atoms with E-state index in [4.69, 9.17) is 10.5 Å². The van der Waals surface area contributed by atoms with Gasteiger partial charge in [0.1, 0.15) is 5.54 Å². The summed E-state index contributed by atoms with van der Waals surface area (Å²) >= 11 is 0. The van der Waals surface area contributed by atoms with Crippen LogP contribution in [0.5, 0.6) is 0 Å². The van der Waals surface area contributed by atoms with E-state index in [1.165, 1.54) is 30.3 Å². The van der Waals surface area contributed by atoms with Crippen molar-refractivity contribution in [2.24, 2.45) is 5.73 Å². The minimum atomic E-state index is -0.888. The molecule has 0 spiro atoms. The van der Waals surface area contributed by atoms with Gasteiger partial charge in [-0.1, -0.05) is 17.7 Å². The van der Waals surface area contributed by atoms with Gasteiger partial charge in [-0.2, -0.15) is 0 Å². The molecule has 21 heavy (non-hydrogen) atoms. The third-order valence-electron chi connectivity index (χ3n) is 4.23. The number of aryl methyl sites for hydroxylation is 2. The molecule has 1 aliphatic rings. The highest BCUT2D eigenvalue weighted by molar-refractivity contribution is 5.79. The van der Waals surface area contributed by atoms with Gasteiger partial charge < -0.3 is 15.4 Å². The molecule has 0 fully saturated rings. The average Bonchev–Trinajstić information content (AvgIpc) is 2.46. The van der Waals surface area contributed by atoms with Gasteiger partial charge in [-0.3, -0.25) is 4.79 Å². The molecule has 2 N–H and O–H groups in total. The van der Waals surface area contributed by atoms with Crippen molar-refractivity contribution >= 4 is 11.7 Å². The smallest absolute Gasteiger partial charge is 0.325 e. The van der Waals surface area contributed by atoms with Crippen molar-refractivity contribution in [1.82, 2.24) is 0 Å². The summed E-state index contributed by atoms with van der Waals surface area (Å²) in [7, 11) is 1.39. The first kappa shape index (κ1) is 15.8. The van der Waals surface area contributed by atoms with Crippen molar-refractivity contribution in [3.05, 3.63) is 29.3 Å². The average molecular weight is 290 g/mol. The van der Waals surface area contributed by atoms with Gasteiger partial charge in [-0.05, 0) is 51.2 Å². The predicted molar refractivity (Wildman–Crippen MR) is 85.6 cm³/mol. The third kappa shape index (κ3) is 3.76. The number of anilines is 1. The van der Waals surface area contributed by atoms with Crippen molar-refractivity contribution < 1.29 is 9.53 Å². The number of ether oxygens (including phenoxy) is 1. The summed E-state index contributed by atoms with van der Waals surface area (Å²) in [5, 5.41) is 0. The first-order valence-corrected chi connectivity index (χ1v) is 7.66. The minimum Gasteiger partial charge on any atom is -0.468 e. The van der Waals surface area contributed by atoms with Gasteiger partial charge >= 0.3 is 5.97 Å². The van der Waals surface area contributed by atoms with Crippen LogP contribution in [0.15, 0.2) is 18.2 Å². The molecule has 0 saturated heterocycles. The lowest BCUT2D eigenvalue weighted by Gasteiger charge is -2.32. The molecule has 0 aromatic heterocycles. The second-order valence-corrected chi connectivity index (χ2v) is 6.24. The zero-order valence-electron chi connectivity index (χ0n) is 13.3. The van der Waals surface area contributed by atoms with Crippen LogP contribution in [0.4, 0.5) is 5.69 Å². The van der Waals surface area contributed by atoms with Crippen LogP contribution >= 0.6 is 0 Å². The molecule has 0 radical (unpaired) electrons. The van der Waals surface area contributed by atoms with Crippen LogP contribution in [-0.2, 0) is 16.0 Å². The van der Waals surface area contributed by atoms with E-state index in [-0.39, 0.29) is 5.97 Å². The molecule has 1 aromatic carbocycles. The van der Waals surface area contributed by atoms with Gasteiger partial charge in [0, 0.05) is 18.8 Å². The SMILES string of the molecule is COC(=O)C(C)(N)CCCN1CCCc2cc(C)ccc21. The van der Waals surface area contributed by atoms with E-state index in [0.29, 0.717) is 6.42 Å². The number of esters is 1. The molecule has 0 saturated carbocycles. The topological polar surface area (TPSA) is 55.6 Å². The fourth-order valence-electron chi connectivity index (χ4n) is 3.01. The molecule has 2 rings (SSSR count). The van der Waals surface area contributed by atoms with Gasteiger partial charge in [0.15, 0.2) is 0 Å². The first-order valence-electron chi connectivity index (χ1n) is 7.66. The molecular weight excluding hydrogens is 264 g/mol. The lowest BCUT2D eigenvalue weighted by molar-refractivity contribution is -0.146. The van der Waals surface area contributed by atoms with Gasteiger partial charge in [-0.25, -0.2) is 0 Å². The highest BCUT2D eigenvalue weighted by Crippen LogP contribution is 2.28. The Bertz CT molecular complexity index is 512. The summed E-state index contributed by atoms with van der Waals surface area (Å²) < 4.78 is 4.75. The Balaban J connectivity index is 1.95. The summed E-state index contributed by atoms with van der Waals surface area (Å²) in [5.74, 6) is -0.336. The number of benzene rings is 1. The number of methoxy groups -OCH3 is 1. The van der Waals surface area contributed by atoms with E-state index in [1.807, 2.05) is 0 Å². The largest absolute Gasteiger partial charge is 0.468 e. The maximum Gasteiger partial charge on any atom is 0.325 e. The molecule has 1 aromatic rings. The van der Waals surface area contributed by atoms with Gasteiger partial charge in [0.2, 0.25) is 0 Å². The number of nitrogens with zero attached hydrogens (tertiary/aromatic N) is 1. The Morgan fingerprint density at radius 2 is 2.24 bits per heavy atom. The van der Waals surface area contributed by atoms with E-state index in [2.05, 4.69) is 30.0 Å². The number of hydrogen-bond donors (Lipinski definition) is 1. The molecule has 0 amide bonds. The number of carbonyl (C=O) groups excluding carboxylic acids is 1. The summed E-state index contributed by atoms with van der Waals surface area (Å²) in [6, 6.07) is 6.66. The fraction of sp³-hybridized carbons (Fsp3) is 0.588. The molecule has 1 unspecified atom stereocenters. The Kier molecular flexibility index (Phi) is 4.88. The van der Waals surface area contributed by atoms with Crippen molar-refractivity contribution in [2.75, 3.05) is 25.1 Å². The zero-order valence-corrected chi connectivity index (χ0v) is 13.3. The monoisotopic (exact) mass is 290 g/mol. The Hall–Kier alpha value is -1.55. The lowest BCUT2D eigenvalue weighted by Crippen LogP contribution is -2.46. The number of rotatable bonds is 5. The van der Waals surface area contributed by atoms with Crippen LogP contribution in [0.25, 0.3) is 0 Å². The van der Waals surface area contributed by atoms with Crippen molar-refractivity contribution in [2.45, 2.75) is 45.1 Å². The summed E-state index contributed by atoms with van der Waals surface area (Å²) in [6.45, 7) is 5.89. The highest BCUT2D eigenvalue weighted by Gasteiger charge is 2.29. The molecule has 1 heterocycles. The molecular formula is C17H26N2O2. The van der Waals surface area contributed by atoms with E-state index >= 15 is 0 Å². The molecule has 4 nitrogen and oxygen atoms in total. The standard InChI is InChI=1S/C17H26N2O2/c1-13-7-8-15-14(12-13)6-4-10-19(15)11-5-9-17(2,18)16(20)21-3/h7-8,12H,4-6,9-11,18H2,1-3H3. The number of carbonyl (C=O) groups is 1. The molecule has 0 aliphatic carbocycles. The van der Waals surface area contributed by atoms with Crippen LogP contribution in [-0.4, -0.2) is 31.7 Å². The van der Waals surface area contributed by atoms with Gasteiger partial charge in [0.05, 0.1) is 7.11 Å². The normalized spacial score (nSPS) is 17.0. The van der Waals surface area contributed by atoms with Crippen molar-refractivity contribution in [3.8, 4) is 0 Å². The summed E-state index contributed by atoms with van der Waals surface area (Å²) in [5.41, 5.74) is 9.21. The van der Waals surface area contributed by atoms with E-state index in [9.17, 15) is 4.79 Å². The molecule has 1 atom stereocenters. The molecule has 4 heteroatoms. The highest BCUT2D eigenvalue weighted by atomic mass is 16.5. The fourth-order valence-corrected chi connectivity index (χ4v) is 3.01. The molecule has 1 aliphatic heterocycles. The third-order valence-corrected chi connectivity index (χ3v) is 4.23. The molecule has 116 valence electrons. The number of nitrogens with two attached hydrogens (primary N) is 1. The van der Waals surface area contributed by atoms with Crippen molar-refractivity contribution in [3.63, 3.8) is 0 Å².